The van der Waals surface area contributed by atoms with Crippen molar-refractivity contribution in [3.8, 4) is 0 Å². The third kappa shape index (κ3) is 5.03. The molecule has 160 valence electrons. The molecule has 0 radical (unpaired) electrons. The molecule has 3 aromatic rings. The molecule has 0 unspecified atom stereocenters. The molecule has 1 aliphatic rings. The number of nitrogens with zero attached hydrogens (tertiary/aromatic N) is 1. The average Bonchev–Trinajstić information content (AvgIpc) is 3.08. The second kappa shape index (κ2) is 9.45. The van der Waals surface area contributed by atoms with Gasteiger partial charge in [-0.15, -0.1) is 0 Å². The standard InChI is InChI=1S/C25H26N2O3S/c28-25(17-12-21-10-7-9-20-8-3-4-11-24(20)21)26-22-13-15-23(16-14-22)31(29,30)27-18-5-1-2-6-19-27/h3-4,7-17H,1-2,5-6,18-19H2,(H,26,28)/b17-12-. The molecular weight excluding hydrogens is 408 g/mol. The van der Waals surface area contributed by atoms with Crippen molar-refractivity contribution in [2.24, 2.45) is 0 Å². The van der Waals surface area contributed by atoms with Gasteiger partial charge in [-0.1, -0.05) is 55.3 Å². The number of fused-ring (bicyclic) bond motifs is 1. The van der Waals surface area contributed by atoms with Gasteiger partial charge in [0.2, 0.25) is 15.9 Å². The van der Waals surface area contributed by atoms with Crippen LogP contribution in [0.15, 0.2) is 77.7 Å². The van der Waals surface area contributed by atoms with Crippen molar-refractivity contribution in [1.82, 2.24) is 4.31 Å². The number of anilines is 1. The maximum Gasteiger partial charge on any atom is 0.248 e. The van der Waals surface area contributed by atoms with Crippen LogP contribution in [0.1, 0.15) is 31.2 Å². The molecule has 0 aromatic heterocycles. The van der Waals surface area contributed by atoms with Crippen LogP contribution in [-0.2, 0) is 14.8 Å². The van der Waals surface area contributed by atoms with Crippen molar-refractivity contribution in [3.63, 3.8) is 0 Å². The first-order chi connectivity index (χ1) is 15.0. The summed E-state index contributed by atoms with van der Waals surface area (Å²) in [7, 11) is -3.49. The van der Waals surface area contributed by atoms with E-state index in [0.717, 1.165) is 42.0 Å². The first kappa shape index (κ1) is 21.3. The molecule has 0 aliphatic carbocycles. The molecule has 5 nitrogen and oxygen atoms in total. The van der Waals surface area contributed by atoms with Gasteiger partial charge in [-0.25, -0.2) is 8.42 Å². The van der Waals surface area contributed by atoms with Crippen molar-refractivity contribution in [2.45, 2.75) is 30.6 Å². The van der Waals surface area contributed by atoms with E-state index in [2.05, 4.69) is 5.32 Å². The number of nitrogens with one attached hydrogen (secondary N) is 1. The molecule has 3 aromatic carbocycles. The largest absolute Gasteiger partial charge is 0.323 e. The molecule has 1 amide bonds. The Kier molecular flexibility index (Phi) is 6.49. The van der Waals surface area contributed by atoms with Crippen LogP contribution in [0.25, 0.3) is 16.8 Å². The fraction of sp³-hybridized carbons (Fsp3) is 0.240. The molecule has 0 atom stereocenters. The van der Waals surface area contributed by atoms with Crippen LogP contribution in [0.4, 0.5) is 5.69 Å². The Bertz CT molecular complexity index is 1190. The number of carbonyl (C=O) groups is 1. The number of amides is 1. The van der Waals surface area contributed by atoms with Crippen LogP contribution in [-0.4, -0.2) is 31.7 Å². The molecule has 0 bridgehead atoms. The quantitative estimate of drug-likeness (QED) is 0.571. The van der Waals surface area contributed by atoms with Crippen LogP contribution in [0.3, 0.4) is 0 Å². The molecule has 0 saturated carbocycles. The van der Waals surface area contributed by atoms with Crippen LogP contribution in [0.5, 0.6) is 0 Å². The van der Waals surface area contributed by atoms with Gasteiger partial charge in [-0.3, -0.25) is 4.79 Å². The average molecular weight is 435 g/mol. The number of hydrogen-bond donors (Lipinski definition) is 1. The first-order valence-electron chi connectivity index (χ1n) is 10.6. The molecule has 1 aliphatic heterocycles. The van der Waals surface area contributed by atoms with Crippen LogP contribution >= 0.6 is 0 Å². The van der Waals surface area contributed by atoms with Crippen LogP contribution in [0.2, 0.25) is 0 Å². The van der Waals surface area contributed by atoms with Gasteiger partial charge < -0.3 is 5.32 Å². The number of carbonyl (C=O) groups excluding carboxylic acids is 1. The highest BCUT2D eigenvalue weighted by Gasteiger charge is 2.24. The summed E-state index contributed by atoms with van der Waals surface area (Å²) >= 11 is 0. The van der Waals surface area contributed by atoms with Crippen molar-refractivity contribution in [3.05, 3.63) is 78.4 Å². The van der Waals surface area contributed by atoms with E-state index in [-0.39, 0.29) is 10.8 Å². The van der Waals surface area contributed by atoms with Crippen molar-refractivity contribution in [2.75, 3.05) is 18.4 Å². The van der Waals surface area contributed by atoms with Crippen molar-refractivity contribution in [1.29, 1.82) is 0 Å². The second-order valence-electron chi connectivity index (χ2n) is 7.73. The van der Waals surface area contributed by atoms with E-state index in [9.17, 15) is 13.2 Å². The van der Waals surface area contributed by atoms with E-state index in [0.29, 0.717) is 18.8 Å². The lowest BCUT2D eigenvalue weighted by Gasteiger charge is -2.20. The predicted molar refractivity (Wildman–Crippen MR) is 125 cm³/mol. The Morgan fingerprint density at radius 2 is 1.52 bits per heavy atom. The number of hydrogen-bond acceptors (Lipinski definition) is 3. The lowest BCUT2D eigenvalue weighted by Crippen LogP contribution is -2.31. The monoisotopic (exact) mass is 434 g/mol. The van der Waals surface area contributed by atoms with Gasteiger partial charge in [0, 0.05) is 24.9 Å². The summed E-state index contributed by atoms with van der Waals surface area (Å²) in [6.45, 7) is 1.14. The normalized spacial score (nSPS) is 15.7. The molecule has 1 saturated heterocycles. The minimum Gasteiger partial charge on any atom is -0.323 e. The zero-order valence-corrected chi connectivity index (χ0v) is 18.1. The van der Waals surface area contributed by atoms with Gasteiger partial charge in [-0.2, -0.15) is 4.31 Å². The summed E-state index contributed by atoms with van der Waals surface area (Å²) in [6.07, 6.45) is 7.22. The van der Waals surface area contributed by atoms with Crippen molar-refractivity contribution < 1.29 is 13.2 Å². The molecule has 6 heteroatoms. The van der Waals surface area contributed by atoms with E-state index in [1.807, 2.05) is 42.5 Å². The highest BCUT2D eigenvalue weighted by atomic mass is 32.2. The molecule has 1 heterocycles. The van der Waals surface area contributed by atoms with Crippen molar-refractivity contribution >= 4 is 38.5 Å². The Hall–Kier alpha value is -2.96. The predicted octanol–water partition coefficient (Wildman–Crippen LogP) is 5.06. The van der Waals surface area contributed by atoms with Gasteiger partial charge in [-0.05, 0) is 59.5 Å². The Morgan fingerprint density at radius 1 is 0.839 bits per heavy atom. The molecule has 31 heavy (non-hydrogen) atoms. The minimum atomic E-state index is -3.49. The van der Waals surface area contributed by atoms with Crippen LogP contribution < -0.4 is 5.32 Å². The summed E-state index contributed by atoms with van der Waals surface area (Å²) in [4.78, 5) is 12.6. The van der Waals surface area contributed by atoms with Gasteiger partial charge >= 0.3 is 0 Å². The second-order valence-corrected chi connectivity index (χ2v) is 9.67. The SMILES string of the molecule is O=C(/C=C\c1cccc2ccccc12)Nc1ccc(S(=O)(=O)N2CCCCCC2)cc1. The van der Waals surface area contributed by atoms with Gasteiger partial charge in [0.25, 0.3) is 0 Å². The maximum atomic E-state index is 12.9. The zero-order chi connectivity index (χ0) is 21.7. The maximum absolute atomic E-state index is 12.9. The Balaban J connectivity index is 1.44. The highest BCUT2D eigenvalue weighted by molar-refractivity contribution is 7.89. The van der Waals surface area contributed by atoms with Crippen LogP contribution in [0, 0.1) is 0 Å². The summed E-state index contributed by atoms with van der Waals surface area (Å²) in [5.41, 5.74) is 1.52. The summed E-state index contributed by atoms with van der Waals surface area (Å²) in [5, 5.41) is 4.99. The summed E-state index contributed by atoms with van der Waals surface area (Å²) in [5.74, 6) is -0.268. The topological polar surface area (TPSA) is 66.5 Å². The highest BCUT2D eigenvalue weighted by Crippen LogP contribution is 2.22. The molecule has 0 spiro atoms. The van der Waals surface area contributed by atoms with E-state index in [4.69, 9.17) is 0 Å². The number of benzene rings is 3. The Labute approximate surface area is 183 Å². The number of rotatable bonds is 5. The van der Waals surface area contributed by atoms with E-state index < -0.39 is 10.0 Å². The fourth-order valence-corrected chi connectivity index (χ4v) is 5.40. The lowest BCUT2D eigenvalue weighted by atomic mass is 10.0. The number of sulfonamides is 1. The smallest absolute Gasteiger partial charge is 0.248 e. The molecule has 1 N–H and O–H groups in total. The lowest BCUT2D eigenvalue weighted by molar-refractivity contribution is -0.111. The first-order valence-corrected chi connectivity index (χ1v) is 12.1. The summed E-state index contributed by atoms with van der Waals surface area (Å²) < 4.78 is 27.3. The fourth-order valence-electron chi connectivity index (χ4n) is 3.89. The zero-order valence-electron chi connectivity index (χ0n) is 17.3. The third-order valence-electron chi connectivity index (χ3n) is 5.56. The van der Waals surface area contributed by atoms with E-state index in [1.165, 1.54) is 6.08 Å². The van der Waals surface area contributed by atoms with Gasteiger partial charge in [0.15, 0.2) is 0 Å². The van der Waals surface area contributed by atoms with Gasteiger partial charge in [0.1, 0.15) is 0 Å². The summed E-state index contributed by atoms with van der Waals surface area (Å²) in [6, 6.07) is 20.4. The third-order valence-corrected chi connectivity index (χ3v) is 7.48. The molecule has 1 fully saturated rings. The van der Waals surface area contributed by atoms with Gasteiger partial charge in [0.05, 0.1) is 4.90 Å². The minimum absolute atomic E-state index is 0.263. The van der Waals surface area contributed by atoms with E-state index in [1.54, 1.807) is 34.6 Å². The van der Waals surface area contributed by atoms with E-state index >= 15 is 0 Å². The molecule has 4 rings (SSSR count). The molecular formula is C25H26N2O3S. The Morgan fingerprint density at radius 3 is 2.26 bits per heavy atom.